The van der Waals surface area contributed by atoms with Crippen molar-refractivity contribution in [1.29, 1.82) is 0 Å². The van der Waals surface area contributed by atoms with Crippen LogP contribution in [0.5, 0.6) is 0 Å². The molecule has 3 nitrogen and oxygen atoms in total. The van der Waals surface area contributed by atoms with Gasteiger partial charge in [-0.15, -0.1) is 0 Å². The average Bonchev–Trinajstić information content (AvgIpc) is 2.48. The Kier molecular flexibility index (Phi) is 2.79. The Morgan fingerprint density at radius 2 is 2.15 bits per heavy atom. The molecular formula is C9H16N2OS. The Labute approximate surface area is 83.2 Å². The Bertz CT molecular complexity index is 204. The zero-order valence-corrected chi connectivity index (χ0v) is 8.77. The standard InChI is InChI=1S/C9H16N2OS/c1-7-10-6-9(12)11(7)8-2-4-13-5-3-8/h7-8,10H,2-6H2,1H3. The summed E-state index contributed by atoms with van der Waals surface area (Å²) in [4.78, 5) is 13.6. The average molecular weight is 200 g/mol. The summed E-state index contributed by atoms with van der Waals surface area (Å²) in [6, 6.07) is 0.499. The van der Waals surface area contributed by atoms with Gasteiger partial charge in [-0.25, -0.2) is 0 Å². The molecule has 1 unspecified atom stereocenters. The third-order valence-electron chi connectivity index (χ3n) is 2.84. The maximum absolute atomic E-state index is 11.5. The van der Waals surface area contributed by atoms with Crippen LogP contribution in [-0.2, 0) is 4.79 Å². The predicted octanol–water partition coefficient (Wildman–Crippen LogP) is 0.660. The molecule has 0 aromatic heterocycles. The van der Waals surface area contributed by atoms with Crippen molar-refractivity contribution in [2.75, 3.05) is 18.1 Å². The van der Waals surface area contributed by atoms with Crippen LogP contribution in [0.2, 0.25) is 0 Å². The quantitative estimate of drug-likeness (QED) is 0.675. The summed E-state index contributed by atoms with van der Waals surface area (Å²) in [6.45, 7) is 2.61. The second-order valence-corrected chi connectivity index (χ2v) is 4.93. The van der Waals surface area contributed by atoms with Crippen molar-refractivity contribution in [2.45, 2.75) is 32.0 Å². The molecule has 2 aliphatic rings. The van der Waals surface area contributed by atoms with E-state index in [0.717, 1.165) is 0 Å². The van der Waals surface area contributed by atoms with Crippen LogP contribution in [0.4, 0.5) is 0 Å². The van der Waals surface area contributed by atoms with E-state index < -0.39 is 0 Å². The number of hydrogen-bond acceptors (Lipinski definition) is 3. The van der Waals surface area contributed by atoms with Crippen molar-refractivity contribution >= 4 is 17.7 Å². The van der Waals surface area contributed by atoms with Gasteiger partial charge in [-0.2, -0.15) is 11.8 Å². The SMILES string of the molecule is CC1NCC(=O)N1C1CCSCC1. The summed E-state index contributed by atoms with van der Waals surface area (Å²) in [5.74, 6) is 2.70. The molecule has 0 aromatic rings. The summed E-state index contributed by atoms with van der Waals surface area (Å²) in [6.07, 6.45) is 2.59. The third kappa shape index (κ3) is 1.83. The highest BCUT2D eigenvalue weighted by Crippen LogP contribution is 2.24. The first kappa shape index (κ1) is 9.34. The van der Waals surface area contributed by atoms with Gasteiger partial charge in [0, 0.05) is 6.04 Å². The van der Waals surface area contributed by atoms with Crippen molar-refractivity contribution in [3.63, 3.8) is 0 Å². The minimum absolute atomic E-state index is 0.251. The van der Waals surface area contributed by atoms with Crippen LogP contribution in [0.1, 0.15) is 19.8 Å². The van der Waals surface area contributed by atoms with Crippen molar-refractivity contribution in [2.24, 2.45) is 0 Å². The first-order chi connectivity index (χ1) is 6.29. The molecule has 74 valence electrons. The second kappa shape index (κ2) is 3.88. The van der Waals surface area contributed by atoms with Crippen LogP contribution < -0.4 is 5.32 Å². The molecule has 1 N–H and O–H groups in total. The number of amides is 1. The molecular weight excluding hydrogens is 184 g/mol. The van der Waals surface area contributed by atoms with E-state index in [2.05, 4.69) is 12.2 Å². The zero-order valence-electron chi connectivity index (χ0n) is 7.95. The molecule has 13 heavy (non-hydrogen) atoms. The highest BCUT2D eigenvalue weighted by molar-refractivity contribution is 7.99. The van der Waals surface area contributed by atoms with Gasteiger partial charge in [0.2, 0.25) is 5.91 Å². The largest absolute Gasteiger partial charge is 0.323 e. The lowest BCUT2D eigenvalue weighted by molar-refractivity contribution is -0.130. The van der Waals surface area contributed by atoms with Gasteiger partial charge in [0.05, 0.1) is 12.7 Å². The molecule has 0 radical (unpaired) electrons. The van der Waals surface area contributed by atoms with Gasteiger partial charge in [-0.05, 0) is 31.3 Å². The predicted molar refractivity (Wildman–Crippen MR) is 54.7 cm³/mol. The highest BCUT2D eigenvalue weighted by atomic mass is 32.2. The molecule has 0 aliphatic carbocycles. The van der Waals surface area contributed by atoms with Gasteiger partial charge in [0.25, 0.3) is 0 Å². The van der Waals surface area contributed by atoms with E-state index in [1.54, 1.807) is 0 Å². The molecule has 0 spiro atoms. The molecule has 0 aromatic carbocycles. The van der Waals surface area contributed by atoms with Gasteiger partial charge in [-0.3, -0.25) is 10.1 Å². The summed E-state index contributed by atoms with van der Waals surface area (Å²) in [5, 5.41) is 3.19. The summed E-state index contributed by atoms with van der Waals surface area (Å²) >= 11 is 2.00. The first-order valence-electron chi connectivity index (χ1n) is 4.91. The summed E-state index contributed by atoms with van der Waals surface area (Å²) < 4.78 is 0. The molecule has 2 saturated heterocycles. The second-order valence-electron chi connectivity index (χ2n) is 3.70. The minimum Gasteiger partial charge on any atom is -0.323 e. The zero-order chi connectivity index (χ0) is 9.26. The fourth-order valence-corrected chi connectivity index (χ4v) is 3.21. The van der Waals surface area contributed by atoms with E-state index in [4.69, 9.17) is 0 Å². The van der Waals surface area contributed by atoms with Crippen LogP contribution >= 0.6 is 11.8 Å². The van der Waals surface area contributed by atoms with Crippen LogP contribution in [0.3, 0.4) is 0 Å². The van der Waals surface area contributed by atoms with Crippen molar-refractivity contribution in [3.05, 3.63) is 0 Å². The number of carbonyl (C=O) groups excluding carboxylic acids is 1. The Morgan fingerprint density at radius 3 is 2.69 bits per heavy atom. The molecule has 2 heterocycles. The molecule has 1 amide bonds. The van der Waals surface area contributed by atoms with Crippen molar-refractivity contribution < 1.29 is 4.79 Å². The molecule has 4 heteroatoms. The van der Waals surface area contributed by atoms with Crippen LogP contribution in [0.25, 0.3) is 0 Å². The number of rotatable bonds is 1. The maximum atomic E-state index is 11.5. The molecule has 1 atom stereocenters. The Hall–Kier alpha value is -0.220. The van der Waals surface area contributed by atoms with E-state index in [9.17, 15) is 4.79 Å². The van der Waals surface area contributed by atoms with Gasteiger partial charge in [-0.1, -0.05) is 0 Å². The van der Waals surface area contributed by atoms with Gasteiger partial charge in [0.15, 0.2) is 0 Å². The fourth-order valence-electron chi connectivity index (χ4n) is 2.12. The number of nitrogens with zero attached hydrogens (tertiary/aromatic N) is 1. The molecule has 0 saturated carbocycles. The number of thioether (sulfide) groups is 1. The Balaban J connectivity index is 2.00. The van der Waals surface area contributed by atoms with E-state index in [1.807, 2.05) is 16.7 Å². The van der Waals surface area contributed by atoms with Crippen LogP contribution in [-0.4, -0.2) is 41.1 Å². The van der Waals surface area contributed by atoms with Crippen LogP contribution in [0, 0.1) is 0 Å². The summed E-state index contributed by atoms with van der Waals surface area (Å²) in [5.41, 5.74) is 0. The van der Waals surface area contributed by atoms with Gasteiger partial charge >= 0.3 is 0 Å². The maximum Gasteiger partial charge on any atom is 0.238 e. The van der Waals surface area contributed by atoms with Gasteiger partial charge < -0.3 is 4.90 Å². The third-order valence-corrected chi connectivity index (χ3v) is 3.89. The fraction of sp³-hybridized carbons (Fsp3) is 0.889. The lowest BCUT2D eigenvalue weighted by Crippen LogP contribution is -2.44. The molecule has 2 rings (SSSR count). The topological polar surface area (TPSA) is 32.3 Å². The van der Waals surface area contributed by atoms with E-state index in [1.165, 1.54) is 24.3 Å². The normalized spacial score (nSPS) is 31.3. The number of carbonyl (C=O) groups is 1. The molecule has 0 bridgehead atoms. The highest BCUT2D eigenvalue weighted by Gasteiger charge is 2.33. The molecule has 2 fully saturated rings. The molecule has 2 aliphatic heterocycles. The lowest BCUT2D eigenvalue weighted by atomic mass is 10.1. The summed E-state index contributed by atoms with van der Waals surface area (Å²) in [7, 11) is 0. The number of hydrogen-bond donors (Lipinski definition) is 1. The Morgan fingerprint density at radius 1 is 1.46 bits per heavy atom. The van der Waals surface area contributed by atoms with E-state index in [-0.39, 0.29) is 12.1 Å². The minimum atomic E-state index is 0.251. The number of nitrogens with one attached hydrogen (secondary N) is 1. The van der Waals surface area contributed by atoms with Gasteiger partial charge in [0.1, 0.15) is 0 Å². The lowest BCUT2D eigenvalue weighted by Gasteiger charge is -2.33. The first-order valence-corrected chi connectivity index (χ1v) is 6.07. The van der Waals surface area contributed by atoms with Crippen LogP contribution in [0.15, 0.2) is 0 Å². The van der Waals surface area contributed by atoms with Crippen molar-refractivity contribution in [3.8, 4) is 0 Å². The smallest absolute Gasteiger partial charge is 0.238 e. The van der Waals surface area contributed by atoms with E-state index >= 15 is 0 Å². The monoisotopic (exact) mass is 200 g/mol. The van der Waals surface area contributed by atoms with Crippen molar-refractivity contribution in [1.82, 2.24) is 10.2 Å². The van der Waals surface area contributed by atoms with E-state index in [0.29, 0.717) is 12.6 Å².